The third kappa shape index (κ3) is 4.15. The van der Waals surface area contributed by atoms with Gasteiger partial charge >= 0.3 is 5.69 Å². The van der Waals surface area contributed by atoms with Crippen molar-refractivity contribution in [2.24, 2.45) is 0 Å². The van der Waals surface area contributed by atoms with E-state index in [-0.39, 0.29) is 23.8 Å². The van der Waals surface area contributed by atoms with Gasteiger partial charge in [-0.05, 0) is 13.0 Å². The van der Waals surface area contributed by atoms with Gasteiger partial charge in [-0.1, -0.05) is 6.92 Å². The van der Waals surface area contributed by atoms with E-state index in [1.165, 1.54) is 0 Å². The van der Waals surface area contributed by atoms with E-state index in [2.05, 4.69) is 20.4 Å². The van der Waals surface area contributed by atoms with Crippen LogP contribution in [-0.4, -0.2) is 43.0 Å². The molecule has 3 heterocycles. The summed E-state index contributed by atoms with van der Waals surface area (Å²) < 4.78 is 1.83. The van der Waals surface area contributed by atoms with Crippen LogP contribution in [0.25, 0.3) is 0 Å². The van der Waals surface area contributed by atoms with Gasteiger partial charge in [-0.15, -0.1) is 0 Å². The molecule has 0 fully saturated rings. The normalized spacial score (nSPS) is 13.3. The Balaban J connectivity index is 1.68. The van der Waals surface area contributed by atoms with E-state index in [0.717, 1.165) is 11.4 Å². The van der Waals surface area contributed by atoms with E-state index in [9.17, 15) is 19.2 Å². The highest BCUT2D eigenvalue weighted by atomic mass is 16.2. The van der Waals surface area contributed by atoms with Gasteiger partial charge in [-0.25, -0.2) is 4.79 Å². The van der Waals surface area contributed by atoms with Gasteiger partial charge in [0.2, 0.25) is 11.8 Å². The molecule has 0 saturated carbocycles. The molecule has 0 unspecified atom stereocenters. The van der Waals surface area contributed by atoms with E-state index < -0.39 is 11.2 Å². The predicted octanol–water partition coefficient (Wildman–Crippen LogP) is -0.821. The van der Waals surface area contributed by atoms with Crippen LogP contribution in [0.1, 0.15) is 36.0 Å². The third-order valence-electron chi connectivity index (χ3n) is 4.57. The highest BCUT2D eigenvalue weighted by molar-refractivity contribution is 5.79. The number of aromatic amines is 2. The van der Waals surface area contributed by atoms with Crippen LogP contribution in [0, 0.1) is 6.92 Å². The summed E-state index contributed by atoms with van der Waals surface area (Å²) in [5.74, 6) is -0.233. The number of carbonyl (C=O) groups is 2. The fraction of sp³-hybridized carbons (Fsp3) is 0.471. The molecular weight excluding hydrogens is 352 g/mol. The fourth-order valence-electron chi connectivity index (χ4n) is 3.04. The van der Waals surface area contributed by atoms with Crippen LogP contribution in [-0.2, 0) is 35.6 Å². The maximum Gasteiger partial charge on any atom is 0.325 e. The first-order chi connectivity index (χ1) is 12.9. The molecule has 2 aromatic heterocycles. The zero-order valence-electron chi connectivity index (χ0n) is 15.3. The number of nitrogens with zero attached hydrogens (tertiary/aromatic N) is 3. The predicted molar refractivity (Wildman–Crippen MR) is 95.9 cm³/mol. The Morgan fingerprint density at radius 2 is 2.04 bits per heavy atom. The lowest BCUT2D eigenvalue weighted by atomic mass is 10.1. The molecule has 0 saturated heterocycles. The number of aromatic nitrogens is 4. The van der Waals surface area contributed by atoms with Crippen molar-refractivity contribution in [1.82, 2.24) is 30.0 Å². The maximum atomic E-state index is 12.6. The molecule has 144 valence electrons. The lowest BCUT2D eigenvalue weighted by molar-refractivity contribution is -0.132. The van der Waals surface area contributed by atoms with E-state index in [1.807, 2.05) is 10.7 Å². The second-order valence-corrected chi connectivity index (χ2v) is 6.48. The smallest absolute Gasteiger partial charge is 0.325 e. The molecule has 1 aliphatic rings. The van der Waals surface area contributed by atoms with Gasteiger partial charge in [0.25, 0.3) is 5.56 Å². The monoisotopic (exact) mass is 374 g/mol. The molecule has 0 radical (unpaired) electrons. The van der Waals surface area contributed by atoms with Gasteiger partial charge in [0.1, 0.15) is 0 Å². The molecular formula is C17H22N6O4. The number of H-pyrrole nitrogens is 2. The quantitative estimate of drug-likeness (QED) is 0.629. The molecule has 0 aliphatic carbocycles. The van der Waals surface area contributed by atoms with Crippen LogP contribution in [0.15, 0.2) is 15.7 Å². The van der Waals surface area contributed by atoms with E-state index in [1.54, 1.807) is 18.7 Å². The van der Waals surface area contributed by atoms with Crippen molar-refractivity contribution >= 4 is 11.8 Å². The minimum Gasteiger partial charge on any atom is -0.350 e. The standard InChI is InChI=1S/C17H22N6O4/c1-3-14(24)18-8-11-6-12-9-22(4-5-23(12)21-11)15(25)7-13-10(2)19-17(27)20-16(13)26/h6H,3-5,7-9H2,1-2H3,(H,18,24)(H2,19,20,26,27). The summed E-state index contributed by atoms with van der Waals surface area (Å²) in [5.41, 5.74) is 1.16. The molecule has 0 bridgehead atoms. The summed E-state index contributed by atoms with van der Waals surface area (Å²) in [6, 6.07) is 1.87. The minimum absolute atomic E-state index is 0.0423. The Hall–Kier alpha value is -3.17. The second kappa shape index (κ2) is 7.60. The highest BCUT2D eigenvalue weighted by Gasteiger charge is 2.23. The average Bonchev–Trinajstić information content (AvgIpc) is 3.04. The molecule has 2 aromatic rings. The lowest BCUT2D eigenvalue weighted by Crippen LogP contribution is -2.40. The molecule has 10 nitrogen and oxygen atoms in total. The highest BCUT2D eigenvalue weighted by Crippen LogP contribution is 2.15. The largest absolute Gasteiger partial charge is 0.350 e. The van der Waals surface area contributed by atoms with Gasteiger partial charge in [0, 0.05) is 24.2 Å². The van der Waals surface area contributed by atoms with Crippen LogP contribution >= 0.6 is 0 Å². The Labute approximate surface area is 154 Å². The van der Waals surface area contributed by atoms with Gasteiger partial charge in [0.05, 0.1) is 37.4 Å². The summed E-state index contributed by atoms with van der Waals surface area (Å²) in [5, 5.41) is 7.22. The fourth-order valence-corrected chi connectivity index (χ4v) is 3.04. The maximum absolute atomic E-state index is 12.6. The van der Waals surface area contributed by atoms with Crippen molar-refractivity contribution in [2.75, 3.05) is 6.54 Å². The number of hydrogen-bond donors (Lipinski definition) is 3. The van der Waals surface area contributed by atoms with Crippen molar-refractivity contribution in [2.45, 2.75) is 46.3 Å². The van der Waals surface area contributed by atoms with Crippen molar-refractivity contribution in [1.29, 1.82) is 0 Å². The molecule has 3 N–H and O–H groups in total. The summed E-state index contributed by atoms with van der Waals surface area (Å²) in [6.07, 6.45) is 0.338. The lowest BCUT2D eigenvalue weighted by Gasteiger charge is -2.27. The minimum atomic E-state index is -0.585. The van der Waals surface area contributed by atoms with Crippen molar-refractivity contribution in [3.05, 3.63) is 49.5 Å². The summed E-state index contributed by atoms with van der Waals surface area (Å²) in [4.78, 5) is 53.5. The number of aryl methyl sites for hydroxylation is 1. The van der Waals surface area contributed by atoms with Crippen LogP contribution in [0.5, 0.6) is 0 Å². The molecule has 3 rings (SSSR count). The zero-order valence-corrected chi connectivity index (χ0v) is 15.3. The van der Waals surface area contributed by atoms with E-state index in [4.69, 9.17) is 0 Å². The second-order valence-electron chi connectivity index (χ2n) is 6.48. The number of hydrogen-bond acceptors (Lipinski definition) is 5. The zero-order chi connectivity index (χ0) is 19.6. The van der Waals surface area contributed by atoms with Gasteiger partial charge in [-0.3, -0.25) is 24.0 Å². The Bertz CT molecular complexity index is 986. The van der Waals surface area contributed by atoms with Crippen LogP contribution < -0.4 is 16.6 Å². The van der Waals surface area contributed by atoms with E-state index >= 15 is 0 Å². The van der Waals surface area contributed by atoms with Crippen LogP contribution in [0.4, 0.5) is 0 Å². The topological polar surface area (TPSA) is 133 Å². The molecule has 10 heteroatoms. The van der Waals surface area contributed by atoms with Crippen molar-refractivity contribution in [3.63, 3.8) is 0 Å². The first-order valence-electron chi connectivity index (χ1n) is 8.79. The van der Waals surface area contributed by atoms with Gasteiger partial charge in [0.15, 0.2) is 0 Å². The van der Waals surface area contributed by atoms with Crippen molar-refractivity contribution in [3.8, 4) is 0 Å². The number of carbonyl (C=O) groups excluding carboxylic acids is 2. The van der Waals surface area contributed by atoms with Crippen molar-refractivity contribution < 1.29 is 9.59 Å². The number of amides is 2. The van der Waals surface area contributed by atoms with E-state index in [0.29, 0.717) is 38.3 Å². The molecule has 0 spiro atoms. The Kier molecular flexibility index (Phi) is 5.24. The Morgan fingerprint density at radius 1 is 1.26 bits per heavy atom. The molecule has 27 heavy (non-hydrogen) atoms. The summed E-state index contributed by atoms with van der Waals surface area (Å²) in [6.45, 7) is 5.15. The average molecular weight is 374 g/mol. The first-order valence-corrected chi connectivity index (χ1v) is 8.79. The van der Waals surface area contributed by atoms with Crippen LogP contribution in [0.2, 0.25) is 0 Å². The molecule has 0 aromatic carbocycles. The molecule has 1 aliphatic heterocycles. The number of nitrogens with one attached hydrogen (secondary N) is 3. The molecule has 0 atom stereocenters. The van der Waals surface area contributed by atoms with Gasteiger partial charge in [-0.2, -0.15) is 5.10 Å². The number of fused-ring (bicyclic) bond motifs is 1. The number of rotatable bonds is 5. The van der Waals surface area contributed by atoms with Gasteiger partial charge < -0.3 is 15.2 Å². The first kappa shape index (κ1) is 18.6. The Morgan fingerprint density at radius 3 is 2.74 bits per heavy atom. The summed E-state index contributed by atoms with van der Waals surface area (Å²) >= 11 is 0. The van der Waals surface area contributed by atoms with Crippen LogP contribution in [0.3, 0.4) is 0 Å². The summed E-state index contributed by atoms with van der Waals surface area (Å²) in [7, 11) is 0. The third-order valence-corrected chi connectivity index (χ3v) is 4.57. The molecule has 2 amide bonds. The SMILES string of the molecule is CCC(=O)NCc1cc2n(n1)CCN(C(=O)Cc1c(C)[nH]c(=O)[nH]c1=O)C2.